The number of rotatable bonds is 5. The molecule has 4 heteroatoms. The fourth-order valence-electron chi connectivity index (χ4n) is 2.32. The normalized spacial score (nSPS) is 14.6. The minimum Gasteiger partial charge on any atom is -0.478 e. The number of hydrogen-bond donors (Lipinski definition) is 1. The van der Waals surface area contributed by atoms with Gasteiger partial charge in [0.15, 0.2) is 0 Å². The second kappa shape index (κ2) is 5.21. The van der Waals surface area contributed by atoms with E-state index >= 15 is 0 Å². The second-order valence-electron chi connectivity index (χ2n) is 5.60. The maximum atomic E-state index is 11.0. The third-order valence-corrected chi connectivity index (χ3v) is 3.86. The van der Waals surface area contributed by atoms with Crippen molar-refractivity contribution >= 4 is 11.7 Å². The minimum atomic E-state index is -0.869. The molecule has 1 aromatic carbocycles. The van der Waals surface area contributed by atoms with Gasteiger partial charge < -0.3 is 14.7 Å². The van der Waals surface area contributed by atoms with Crippen LogP contribution in [0.2, 0.25) is 0 Å². The minimum absolute atomic E-state index is 0.146. The van der Waals surface area contributed by atoms with E-state index in [1.54, 1.807) is 19.2 Å². The van der Waals surface area contributed by atoms with Crippen LogP contribution in [0.4, 0.5) is 5.69 Å². The quantitative estimate of drug-likeness (QED) is 0.887. The van der Waals surface area contributed by atoms with Gasteiger partial charge in [-0.05, 0) is 44.4 Å². The van der Waals surface area contributed by atoms with E-state index < -0.39 is 5.97 Å². The lowest BCUT2D eigenvalue weighted by molar-refractivity contribution is 0.0173. The highest BCUT2D eigenvalue weighted by molar-refractivity contribution is 5.89. The summed E-state index contributed by atoms with van der Waals surface area (Å²) in [7, 11) is 1.72. The number of fused-ring (bicyclic) bond motifs is 1. The standard InChI is InChI=1S/C15H21NO3/c1-15(2,19-3)7-9-16-8-6-11-4-5-12(14(17)18)10-13(11)16/h4-5,10H,6-9H2,1-3H3,(H,17,18). The van der Waals surface area contributed by atoms with Crippen LogP contribution in [0.3, 0.4) is 0 Å². The van der Waals surface area contributed by atoms with Crippen molar-refractivity contribution in [3.05, 3.63) is 29.3 Å². The molecule has 1 aliphatic rings. The first kappa shape index (κ1) is 13.9. The van der Waals surface area contributed by atoms with Crippen molar-refractivity contribution in [1.29, 1.82) is 0 Å². The average Bonchev–Trinajstić information content (AvgIpc) is 2.78. The van der Waals surface area contributed by atoms with Gasteiger partial charge in [-0.15, -0.1) is 0 Å². The van der Waals surface area contributed by atoms with Crippen molar-refractivity contribution in [1.82, 2.24) is 0 Å². The van der Waals surface area contributed by atoms with E-state index in [-0.39, 0.29) is 5.60 Å². The number of carboxylic acid groups (broad SMARTS) is 1. The molecule has 4 nitrogen and oxygen atoms in total. The number of hydrogen-bond acceptors (Lipinski definition) is 3. The van der Waals surface area contributed by atoms with E-state index in [4.69, 9.17) is 9.84 Å². The predicted molar refractivity (Wildman–Crippen MR) is 75.0 cm³/mol. The Kier molecular flexibility index (Phi) is 3.80. The van der Waals surface area contributed by atoms with Gasteiger partial charge in [-0.2, -0.15) is 0 Å². The first-order valence-electron chi connectivity index (χ1n) is 6.59. The number of anilines is 1. The molecule has 0 saturated carbocycles. The Bertz CT molecular complexity index is 482. The molecule has 2 rings (SSSR count). The van der Waals surface area contributed by atoms with E-state index in [2.05, 4.69) is 18.7 Å². The van der Waals surface area contributed by atoms with Crippen LogP contribution < -0.4 is 4.90 Å². The van der Waals surface area contributed by atoms with Gasteiger partial charge in [0.1, 0.15) is 0 Å². The van der Waals surface area contributed by atoms with Crippen LogP contribution in [-0.4, -0.2) is 36.9 Å². The number of carbonyl (C=O) groups is 1. The van der Waals surface area contributed by atoms with Gasteiger partial charge >= 0.3 is 5.97 Å². The second-order valence-corrected chi connectivity index (χ2v) is 5.60. The average molecular weight is 263 g/mol. The lowest BCUT2D eigenvalue weighted by Crippen LogP contribution is -2.31. The Balaban J connectivity index is 2.12. The Morgan fingerprint density at radius 2 is 2.21 bits per heavy atom. The highest BCUT2D eigenvalue weighted by Gasteiger charge is 2.23. The van der Waals surface area contributed by atoms with E-state index in [0.29, 0.717) is 5.56 Å². The molecule has 0 spiro atoms. The van der Waals surface area contributed by atoms with Gasteiger partial charge in [-0.3, -0.25) is 0 Å². The van der Waals surface area contributed by atoms with Gasteiger partial charge in [0.2, 0.25) is 0 Å². The zero-order chi connectivity index (χ0) is 14.0. The molecule has 0 atom stereocenters. The fraction of sp³-hybridized carbons (Fsp3) is 0.533. The number of benzene rings is 1. The topological polar surface area (TPSA) is 49.8 Å². The van der Waals surface area contributed by atoms with Crippen molar-refractivity contribution in [2.24, 2.45) is 0 Å². The predicted octanol–water partition coefficient (Wildman–Crippen LogP) is 2.56. The summed E-state index contributed by atoms with van der Waals surface area (Å²) in [6.45, 7) is 5.98. The zero-order valence-electron chi connectivity index (χ0n) is 11.8. The van der Waals surface area contributed by atoms with Crippen LogP contribution in [0.25, 0.3) is 0 Å². The fourth-order valence-corrected chi connectivity index (χ4v) is 2.32. The number of aromatic carboxylic acids is 1. The molecule has 0 unspecified atom stereocenters. The van der Waals surface area contributed by atoms with E-state index in [1.807, 2.05) is 6.07 Å². The number of ether oxygens (including phenoxy) is 1. The molecule has 0 radical (unpaired) electrons. The molecule has 1 aromatic rings. The van der Waals surface area contributed by atoms with Crippen molar-refractivity contribution in [2.45, 2.75) is 32.3 Å². The summed E-state index contributed by atoms with van der Waals surface area (Å²) >= 11 is 0. The largest absolute Gasteiger partial charge is 0.478 e. The zero-order valence-corrected chi connectivity index (χ0v) is 11.8. The summed E-state index contributed by atoms with van der Waals surface area (Å²) in [6.07, 6.45) is 1.91. The van der Waals surface area contributed by atoms with Crippen LogP contribution >= 0.6 is 0 Å². The SMILES string of the molecule is COC(C)(C)CCN1CCc2ccc(C(=O)O)cc21. The molecular weight excluding hydrogens is 242 g/mol. The third-order valence-electron chi connectivity index (χ3n) is 3.86. The van der Waals surface area contributed by atoms with Crippen LogP contribution in [0.1, 0.15) is 36.2 Å². The highest BCUT2D eigenvalue weighted by atomic mass is 16.5. The summed E-state index contributed by atoms with van der Waals surface area (Å²) in [5.41, 5.74) is 2.51. The summed E-state index contributed by atoms with van der Waals surface area (Å²) < 4.78 is 5.43. The highest BCUT2D eigenvalue weighted by Crippen LogP contribution is 2.30. The summed E-state index contributed by atoms with van der Waals surface area (Å²) in [4.78, 5) is 13.3. The summed E-state index contributed by atoms with van der Waals surface area (Å²) in [5, 5.41) is 9.06. The number of methoxy groups -OCH3 is 1. The Hall–Kier alpha value is -1.55. The summed E-state index contributed by atoms with van der Waals surface area (Å²) in [6, 6.07) is 5.40. The molecule has 0 fully saturated rings. The van der Waals surface area contributed by atoms with Gasteiger partial charge in [0.25, 0.3) is 0 Å². The Labute approximate surface area is 114 Å². The van der Waals surface area contributed by atoms with Crippen LogP contribution in [0.5, 0.6) is 0 Å². The molecule has 1 heterocycles. The van der Waals surface area contributed by atoms with Crippen molar-refractivity contribution in [3.8, 4) is 0 Å². The molecular formula is C15H21NO3. The lowest BCUT2D eigenvalue weighted by atomic mass is 10.0. The maximum absolute atomic E-state index is 11.0. The molecule has 0 saturated heterocycles. The van der Waals surface area contributed by atoms with E-state index in [9.17, 15) is 4.79 Å². The maximum Gasteiger partial charge on any atom is 0.335 e. The molecule has 0 aliphatic carbocycles. The molecule has 19 heavy (non-hydrogen) atoms. The van der Waals surface area contributed by atoms with Gasteiger partial charge in [0.05, 0.1) is 11.2 Å². The van der Waals surface area contributed by atoms with Crippen LogP contribution in [0.15, 0.2) is 18.2 Å². The van der Waals surface area contributed by atoms with E-state index in [1.165, 1.54) is 5.56 Å². The smallest absolute Gasteiger partial charge is 0.335 e. The number of nitrogens with zero attached hydrogens (tertiary/aromatic N) is 1. The monoisotopic (exact) mass is 263 g/mol. The van der Waals surface area contributed by atoms with Crippen molar-refractivity contribution in [2.75, 3.05) is 25.1 Å². The lowest BCUT2D eigenvalue weighted by Gasteiger charge is -2.27. The summed E-state index contributed by atoms with van der Waals surface area (Å²) in [5.74, 6) is -0.869. The molecule has 0 bridgehead atoms. The van der Waals surface area contributed by atoms with Gasteiger partial charge in [0, 0.05) is 25.9 Å². The first-order valence-corrected chi connectivity index (χ1v) is 6.59. The Morgan fingerprint density at radius 1 is 1.47 bits per heavy atom. The molecule has 0 amide bonds. The molecule has 0 aromatic heterocycles. The van der Waals surface area contributed by atoms with E-state index in [0.717, 1.165) is 31.6 Å². The number of carboxylic acids is 1. The van der Waals surface area contributed by atoms with Crippen LogP contribution in [-0.2, 0) is 11.2 Å². The molecule has 1 aliphatic heterocycles. The molecule has 104 valence electrons. The van der Waals surface area contributed by atoms with Gasteiger partial charge in [-0.1, -0.05) is 6.07 Å². The first-order chi connectivity index (χ1) is 8.93. The third kappa shape index (κ3) is 3.07. The van der Waals surface area contributed by atoms with Gasteiger partial charge in [-0.25, -0.2) is 4.79 Å². The Morgan fingerprint density at radius 3 is 2.84 bits per heavy atom. The molecule has 1 N–H and O–H groups in total. The van der Waals surface area contributed by atoms with Crippen molar-refractivity contribution < 1.29 is 14.6 Å². The van der Waals surface area contributed by atoms with Crippen LogP contribution in [0, 0.1) is 0 Å². The van der Waals surface area contributed by atoms with Crippen molar-refractivity contribution in [3.63, 3.8) is 0 Å².